The van der Waals surface area contributed by atoms with Gasteiger partial charge in [-0.3, -0.25) is 9.59 Å². The zero-order valence-electron chi connectivity index (χ0n) is 45.7. The van der Waals surface area contributed by atoms with Gasteiger partial charge < -0.3 is 14.2 Å². The Bertz CT molecular complexity index is 1420. The number of carbonyl (C=O) groups is 2. The van der Waals surface area contributed by atoms with Crippen molar-refractivity contribution in [2.75, 3.05) is 19.8 Å². The Morgan fingerprint density at radius 2 is 0.671 bits per heavy atom. The fraction of sp³-hybridized carbons (Fsp3) is 0.662. The summed E-state index contributed by atoms with van der Waals surface area (Å²) in [5.41, 5.74) is 0. The van der Waals surface area contributed by atoms with E-state index in [2.05, 4.69) is 136 Å². The first-order valence-electron chi connectivity index (χ1n) is 29.1. The highest BCUT2D eigenvalue weighted by atomic mass is 16.6. The summed E-state index contributed by atoms with van der Waals surface area (Å²) in [5.74, 6) is -0.516. The molecule has 0 aliphatic heterocycles. The molecule has 398 valence electrons. The van der Waals surface area contributed by atoms with Gasteiger partial charge >= 0.3 is 11.9 Å². The Kier molecular flexibility index (Phi) is 56.5. The van der Waals surface area contributed by atoms with Crippen LogP contribution in [-0.2, 0) is 23.8 Å². The minimum absolute atomic E-state index is 0.0312. The second-order valence-corrected chi connectivity index (χ2v) is 18.8. The molecule has 0 amide bonds. The highest BCUT2D eigenvalue weighted by molar-refractivity contribution is 5.70. The first-order chi connectivity index (χ1) is 34.6. The molecule has 0 bridgehead atoms. The van der Waals surface area contributed by atoms with Crippen molar-refractivity contribution in [1.82, 2.24) is 0 Å². The lowest BCUT2D eigenvalue weighted by molar-refractivity contribution is -0.162. The molecule has 0 aromatic carbocycles. The van der Waals surface area contributed by atoms with Crippen LogP contribution >= 0.6 is 0 Å². The van der Waals surface area contributed by atoms with Crippen molar-refractivity contribution in [2.45, 2.75) is 258 Å². The van der Waals surface area contributed by atoms with Gasteiger partial charge in [0.2, 0.25) is 0 Å². The number of hydrogen-bond acceptors (Lipinski definition) is 5. The third-order valence-electron chi connectivity index (χ3n) is 12.0. The second kappa shape index (κ2) is 59.6. The Labute approximate surface area is 433 Å². The number of esters is 2. The number of ether oxygens (including phenoxy) is 3. The fourth-order valence-corrected chi connectivity index (χ4v) is 7.72. The van der Waals surface area contributed by atoms with Crippen LogP contribution in [0.25, 0.3) is 0 Å². The van der Waals surface area contributed by atoms with Crippen molar-refractivity contribution in [1.29, 1.82) is 0 Å². The molecule has 70 heavy (non-hydrogen) atoms. The molecule has 1 unspecified atom stereocenters. The van der Waals surface area contributed by atoms with E-state index in [0.29, 0.717) is 25.9 Å². The lowest BCUT2D eigenvalue weighted by Crippen LogP contribution is -2.30. The SMILES string of the molecule is CC/C=C\C/C=C\C/C=C\C/C=C\C/C=C\C/C=C\CCC(=O)OCC(COCCCCCCCCCCCC/C=C\CCCCCCCC)OC(=O)CCCCCCC/C=C\C/C=C\C/C=C\CC. The average Bonchev–Trinajstić information content (AvgIpc) is 3.36. The molecule has 0 spiro atoms. The molecule has 0 aliphatic rings. The molecule has 0 fully saturated rings. The summed E-state index contributed by atoms with van der Waals surface area (Å²) < 4.78 is 17.4. The van der Waals surface area contributed by atoms with Crippen LogP contribution in [-0.4, -0.2) is 37.9 Å². The molecule has 0 aliphatic carbocycles. The van der Waals surface area contributed by atoms with E-state index < -0.39 is 6.10 Å². The zero-order chi connectivity index (χ0) is 50.6. The highest BCUT2D eigenvalue weighted by Crippen LogP contribution is 2.14. The van der Waals surface area contributed by atoms with E-state index >= 15 is 0 Å². The molecule has 5 nitrogen and oxygen atoms in total. The van der Waals surface area contributed by atoms with Gasteiger partial charge in [0.1, 0.15) is 6.61 Å². The zero-order valence-corrected chi connectivity index (χ0v) is 45.7. The maximum Gasteiger partial charge on any atom is 0.306 e. The van der Waals surface area contributed by atoms with Gasteiger partial charge in [-0.25, -0.2) is 0 Å². The van der Waals surface area contributed by atoms with Crippen molar-refractivity contribution in [3.63, 3.8) is 0 Å². The fourth-order valence-electron chi connectivity index (χ4n) is 7.72. The Morgan fingerprint density at radius 3 is 1.10 bits per heavy atom. The van der Waals surface area contributed by atoms with Gasteiger partial charge in [0, 0.05) is 19.4 Å². The summed E-state index contributed by atoms with van der Waals surface area (Å²) in [6.45, 7) is 7.50. The summed E-state index contributed by atoms with van der Waals surface area (Å²) in [6.07, 6.45) is 83.8. The number of rotatable bonds is 52. The summed E-state index contributed by atoms with van der Waals surface area (Å²) in [5, 5.41) is 0. The maximum absolute atomic E-state index is 12.9. The van der Waals surface area contributed by atoms with Crippen LogP contribution in [0.2, 0.25) is 0 Å². The van der Waals surface area contributed by atoms with Crippen LogP contribution in [0.1, 0.15) is 252 Å². The van der Waals surface area contributed by atoms with E-state index in [0.717, 1.165) is 96.3 Å². The molecule has 0 saturated carbocycles. The number of allylic oxidation sites excluding steroid dienone is 20. The van der Waals surface area contributed by atoms with Crippen LogP contribution in [0, 0.1) is 0 Å². The molecular formula is C65H108O5. The van der Waals surface area contributed by atoms with E-state index in [9.17, 15) is 9.59 Å². The van der Waals surface area contributed by atoms with Crippen LogP contribution in [0.5, 0.6) is 0 Å². The summed E-state index contributed by atoms with van der Waals surface area (Å²) in [7, 11) is 0. The van der Waals surface area contributed by atoms with Gasteiger partial charge in [-0.05, 0) is 116 Å². The third-order valence-corrected chi connectivity index (χ3v) is 12.0. The normalized spacial score (nSPS) is 13.1. The van der Waals surface area contributed by atoms with E-state index in [4.69, 9.17) is 14.2 Å². The molecule has 5 heteroatoms. The number of unbranched alkanes of at least 4 members (excludes halogenated alkanes) is 21. The van der Waals surface area contributed by atoms with Crippen LogP contribution in [0.15, 0.2) is 122 Å². The predicted octanol–water partition coefficient (Wildman–Crippen LogP) is 20.1. The lowest BCUT2D eigenvalue weighted by atomic mass is 10.1. The van der Waals surface area contributed by atoms with Crippen molar-refractivity contribution < 1.29 is 23.8 Å². The summed E-state index contributed by atoms with van der Waals surface area (Å²) in [4.78, 5) is 25.5. The lowest BCUT2D eigenvalue weighted by Gasteiger charge is -2.18. The molecule has 0 aromatic heterocycles. The summed E-state index contributed by atoms with van der Waals surface area (Å²) >= 11 is 0. The first-order valence-corrected chi connectivity index (χ1v) is 29.1. The van der Waals surface area contributed by atoms with E-state index in [1.165, 1.54) is 116 Å². The van der Waals surface area contributed by atoms with Crippen molar-refractivity contribution in [3.05, 3.63) is 122 Å². The molecule has 1 atom stereocenters. The minimum atomic E-state index is -0.585. The molecule has 0 N–H and O–H groups in total. The van der Waals surface area contributed by atoms with E-state index in [1.54, 1.807) is 0 Å². The van der Waals surface area contributed by atoms with Gasteiger partial charge in [0.05, 0.1) is 6.61 Å². The van der Waals surface area contributed by atoms with E-state index in [-0.39, 0.29) is 25.2 Å². The number of hydrogen-bond donors (Lipinski definition) is 0. The average molecular weight is 970 g/mol. The second-order valence-electron chi connectivity index (χ2n) is 18.8. The van der Waals surface area contributed by atoms with Gasteiger partial charge in [0.25, 0.3) is 0 Å². The molecule has 0 rings (SSSR count). The van der Waals surface area contributed by atoms with Crippen LogP contribution < -0.4 is 0 Å². The monoisotopic (exact) mass is 969 g/mol. The quantitative estimate of drug-likeness (QED) is 0.0345. The highest BCUT2D eigenvalue weighted by Gasteiger charge is 2.17. The number of carbonyl (C=O) groups excluding carboxylic acids is 2. The summed E-state index contributed by atoms with van der Waals surface area (Å²) in [6, 6.07) is 0. The van der Waals surface area contributed by atoms with Crippen LogP contribution in [0.4, 0.5) is 0 Å². The Balaban J connectivity index is 4.41. The maximum atomic E-state index is 12.9. The largest absolute Gasteiger partial charge is 0.462 e. The minimum Gasteiger partial charge on any atom is -0.462 e. The first kappa shape index (κ1) is 66.3. The Hall–Kier alpha value is -3.70. The smallest absolute Gasteiger partial charge is 0.306 e. The molecule has 0 heterocycles. The third kappa shape index (κ3) is 56.9. The Morgan fingerprint density at radius 1 is 0.329 bits per heavy atom. The van der Waals surface area contributed by atoms with Crippen molar-refractivity contribution >= 4 is 11.9 Å². The van der Waals surface area contributed by atoms with Crippen molar-refractivity contribution in [2.24, 2.45) is 0 Å². The van der Waals surface area contributed by atoms with Gasteiger partial charge in [0.15, 0.2) is 6.10 Å². The topological polar surface area (TPSA) is 61.8 Å². The predicted molar refractivity (Wildman–Crippen MR) is 306 cm³/mol. The van der Waals surface area contributed by atoms with Crippen molar-refractivity contribution in [3.8, 4) is 0 Å². The molecule has 0 radical (unpaired) electrons. The standard InChI is InChI=1S/C65H108O5/c1-4-7-10-13-16-19-22-25-28-30-32-34-36-39-42-45-48-51-54-57-60-68-61-63(70-65(67)59-56-53-50-47-44-41-37-27-24-21-18-15-12-9-6-3)62-69-64(66)58-55-52-49-46-43-40-38-35-33-31-29-26-23-20-17-14-11-8-5-2/h8-9,11-12,17-18,20-21,25-29,33,35,37,40,43,49,52,63H,4-7,10,13-16,19,22-24,30-32,34,36,38-39,41-42,44-48,50-51,53-62H2,1-3H3/b11-8-,12-9-,20-17-,21-18-,28-25-,29-26-,35-33-,37-27-,43-40-,52-49-. The van der Waals surface area contributed by atoms with Gasteiger partial charge in [-0.1, -0.05) is 245 Å². The van der Waals surface area contributed by atoms with Crippen LogP contribution in [0.3, 0.4) is 0 Å². The van der Waals surface area contributed by atoms with E-state index in [1.807, 2.05) is 6.08 Å². The van der Waals surface area contributed by atoms with Gasteiger partial charge in [-0.2, -0.15) is 0 Å². The molecule has 0 aromatic rings. The van der Waals surface area contributed by atoms with Gasteiger partial charge in [-0.15, -0.1) is 0 Å². The molecule has 0 saturated heterocycles. The molecular weight excluding hydrogens is 861 g/mol.